The van der Waals surface area contributed by atoms with Crippen LogP contribution in [0.1, 0.15) is 35.5 Å². The molecule has 1 saturated heterocycles. The first kappa shape index (κ1) is 22.9. The van der Waals surface area contributed by atoms with Gasteiger partial charge < -0.3 is 15.1 Å². The van der Waals surface area contributed by atoms with Crippen molar-refractivity contribution in [1.29, 1.82) is 0 Å². The lowest BCUT2D eigenvalue weighted by molar-refractivity contribution is -0.137. The molecular formula is C22H26F3N3O3. The van der Waals surface area contributed by atoms with Crippen molar-refractivity contribution in [2.45, 2.75) is 39.4 Å². The minimum atomic E-state index is -4.45. The molecular weight excluding hydrogens is 411 g/mol. The van der Waals surface area contributed by atoms with Crippen LogP contribution in [0.25, 0.3) is 0 Å². The zero-order valence-electron chi connectivity index (χ0n) is 17.5. The highest BCUT2D eigenvalue weighted by molar-refractivity contribution is 6.39. The third-order valence-electron chi connectivity index (χ3n) is 5.47. The third-order valence-corrected chi connectivity index (χ3v) is 5.47. The summed E-state index contributed by atoms with van der Waals surface area (Å²) in [5.74, 6) is 0.409. The molecule has 168 valence electrons. The Balaban J connectivity index is 1.39. The van der Waals surface area contributed by atoms with E-state index in [9.17, 15) is 22.8 Å². The summed E-state index contributed by atoms with van der Waals surface area (Å²) in [5.41, 5.74) is 0.495. The Bertz CT molecular complexity index is 914. The van der Waals surface area contributed by atoms with Gasteiger partial charge in [-0.25, -0.2) is 0 Å². The molecule has 1 aromatic carbocycles. The van der Waals surface area contributed by atoms with Crippen LogP contribution >= 0.6 is 0 Å². The van der Waals surface area contributed by atoms with Crippen molar-refractivity contribution in [2.24, 2.45) is 5.92 Å². The Morgan fingerprint density at radius 2 is 1.74 bits per heavy atom. The molecule has 2 aromatic rings. The van der Waals surface area contributed by atoms with Crippen LogP contribution in [0.3, 0.4) is 0 Å². The zero-order chi connectivity index (χ0) is 22.6. The van der Waals surface area contributed by atoms with Crippen molar-refractivity contribution in [1.82, 2.24) is 10.2 Å². The molecule has 0 bridgehead atoms. The van der Waals surface area contributed by atoms with E-state index < -0.39 is 23.6 Å². The van der Waals surface area contributed by atoms with Crippen molar-refractivity contribution < 1.29 is 27.2 Å². The summed E-state index contributed by atoms with van der Waals surface area (Å²) in [6.45, 7) is 6.89. The van der Waals surface area contributed by atoms with Crippen LogP contribution in [0.4, 0.5) is 18.9 Å². The minimum absolute atomic E-state index is 0.131. The first-order valence-electron chi connectivity index (χ1n) is 10.2. The Labute approximate surface area is 178 Å². The van der Waals surface area contributed by atoms with Gasteiger partial charge in [-0.05, 0) is 76.0 Å². The molecule has 1 aromatic heterocycles. The predicted octanol–water partition coefficient (Wildman–Crippen LogP) is 3.88. The summed E-state index contributed by atoms with van der Waals surface area (Å²) in [7, 11) is 0. The van der Waals surface area contributed by atoms with Gasteiger partial charge in [0.15, 0.2) is 0 Å². The summed E-state index contributed by atoms with van der Waals surface area (Å²) in [6, 6.07) is 6.00. The number of nitrogens with zero attached hydrogens (tertiary/aromatic N) is 1. The van der Waals surface area contributed by atoms with Gasteiger partial charge in [0.25, 0.3) is 0 Å². The Hall–Kier alpha value is -2.81. The number of benzene rings is 1. The van der Waals surface area contributed by atoms with Gasteiger partial charge in [-0.3, -0.25) is 14.5 Å². The number of hydrogen-bond acceptors (Lipinski definition) is 4. The number of carbonyl (C=O) groups is 2. The molecule has 0 aliphatic carbocycles. The summed E-state index contributed by atoms with van der Waals surface area (Å²) < 4.78 is 43.3. The second kappa shape index (κ2) is 9.55. The van der Waals surface area contributed by atoms with Crippen LogP contribution < -0.4 is 10.6 Å². The Morgan fingerprint density at radius 1 is 1.10 bits per heavy atom. The van der Waals surface area contributed by atoms with Gasteiger partial charge in [-0.1, -0.05) is 0 Å². The van der Waals surface area contributed by atoms with Gasteiger partial charge in [0.05, 0.1) is 5.56 Å². The van der Waals surface area contributed by atoms with E-state index in [1.165, 1.54) is 5.56 Å². The molecule has 0 saturated carbocycles. The van der Waals surface area contributed by atoms with E-state index in [0.29, 0.717) is 6.54 Å². The minimum Gasteiger partial charge on any atom is -0.466 e. The standard InChI is InChI=1S/C22H26F3N3O3/c1-14-11-17(15(2)31-14)13-28-9-7-16(8-10-28)12-26-20(29)21(30)27-19-5-3-18(4-6-19)22(23,24)25/h3-6,11,16H,7-10,12-13H2,1-2H3,(H,26,29)(H,27,30). The number of furan rings is 1. The van der Waals surface area contributed by atoms with Crippen LogP contribution in [-0.4, -0.2) is 36.3 Å². The van der Waals surface area contributed by atoms with Crippen LogP contribution in [-0.2, 0) is 22.3 Å². The lowest BCUT2D eigenvalue weighted by Gasteiger charge is -2.31. The molecule has 31 heavy (non-hydrogen) atoms. The number of anilines is 1. The first-order chi connectivity index (χ1) is 14.6. The highest BCUT2D eigenvalue weighted by atomic mass is 19.4. The van der Waals surface area contributed by atoms with Gasteiger partial charge in [-0.2, -0.15) is 13.2 Å². The van der Waals surface area contributed by atoms with E-state index in [4.69, 9.17) is 4.42 Å². The number of rotatable bonds is 5. The Kier molecular flexibility index (Phi) is 7.04. The zero-order valence-corrected chi connectivity index (χ0v) is 17.5. The number of amides is 2. The summed E-state index contributed by atoms with van der Waals surface area (Å²) in [4.78, 5) is 26.4. The largest absolute Gasteiger partial charge is 0.466 e. The number of alkyl halides is 3. The van der Waals surface area contributed by atoms with Crippen LogP contribution in [0, 0.1) is 19.8 Å². The fraction of sp³-hybridized carbons (Fsp3) is 0.455. The first-order valence-corrected chi connectivity index (χ1v) is 10.2. The maximum atomic E-state index is 12.6. The van der Waals surface area contributed by atoms with Gasteiger partial charge in [0.1, 0.15) is 11.5 Å². The topological polar surface area (TPSA) is 74.6 Å². The SMILES string of the molecule is Cc1cc(CN2CCC(CNC(=O)C(=O)Nc3ccc(C(F)(F)F)cc3)CC2)c(C)o1. The van der Waals surface area contributed by atoms with E-state index in [0.717, 1.165) is 68.3 Å². The maximum Gasteiger partial charge on any atom is 0.416 e. The van der Waals surface area contributed by atoms with Crippen LogP contribution in [0.15, 0.2) is 34.7 Å². The van der Waals surface area contributed by atoms with Crippen molar-refractivity contribution in [3.05, 3.63) is 53.0 Å². The monoisotopic (exact) mass is 437 g/mol. The van der Waals surface area contributed by atoms with E-state index in [-0.39, 0.29) is 11.6 Å². The van der Waals surface area contributed by atoms with Crippen LogP contribution in [0.2, 0.25) is 0 Å². The number of hydrogen-bond donors (Lipinski definition) is 2. The molecule has 0 unspecified atom stereocenters. The number of nitrogens with one attached hydrogen (secondary N) is 2. The average Bonchev–Trinajstić information content (AvgIpc) is 3.03. The molecule has 3 rings (SSSR count). The van der Waals surface area contributed by atoms with Crippen molar-refractivity contribution >= 4 is 17.5 Å². The predicted molar refractivity (Wildman–Crippen MR) is 109 cm³/mol. The number of aryl methyl sites for hydroxylation is 2. The Morgan fingerprint density at radius 3 is 2.29 bits per heavy atom. The number of carbonyl (C=O) groups excluding carboxylic acids is 2. The maximum absolute atomic E-state index is 12.6. The molecule has 1 fully saturated rings. The smallest absolute Gasteiger partial charge is 0.416 e. The molecule has 0 spiro atoms. The van der Waals surface area contributed by atoms with Gasteiger partial charge in [0, 0.05) is 24.3 Å². The van der Waals surface area contributed by atoms with Crippen LogP contribution in [0.5, 0.6) is 0 Å². The number of piperidine rings is 1. The molecule has 6 nitrogen and oxygen atoms in total. The van der Waals surface area contributed by atoms with Crippen molar-refractivity contribution in [2.75, 3.05) is 25.0 Å². The van der Waals surface area contributed by atoms with E-state index in [1.54, 1.807) is 0 Å². The second-order valence-corrected chi connectivity index (χ2v) is 7.90. The molecule has 0 radical (unpaired) electrons. The molecule has 9 heteroatoms. The van der Waals surface area contributed by atoms with Crippen molar-refractivity contribution in [3.63, 3.8) is 0 Å². The molecule has 2 N–H and O–H groups in total. The van der Waals surface area contributed by atoms with E-state index in [1.807, 2.05) is 13.8 Å². The summed E-state index contributed by atoms with van der Waals surface area (Å²) in [5, 5.41) is 4.93. The molecule has 2 heterocycles. The molecule has 0 atom stereocenters. The van der Waals surface area contributed by atoms with E-state index in [2.05, 4.69) is 21.6 Å². The molecule has 2 amide bonds. The lowest BCUT2D eigenvalue weighted by Crippen LogP contribution is -2.41. The number of likely N-dealkylation sites (tertiary alicyclic amines) is 1. The fourth-order valence-electron chi connectivity index (χ4n) is 3.68. The fourth-order valence-corrected chi connectivity index (χ4v) is 3.68. The van der Waals surface area contributed by atoms with Crippen molar-refractivity contribution in [3.8, 4) is 0 Å². The highest BCUT2D eigenvalue weighted by Crippen LogP contribution is 2.29. The normalized spacial score (nSPS) is 15.6. The molecule has 1 aliphatic rings. The van der Waals surface area contributed by atoms with Gasteiger partial charge >= 0.3 is 18.0 Å². The third kappa shape index (κ3) is 6.33. The lowest BCUT2D eigenvalue weighted by atomic mass is 9.96. The van der Waals surface area contributed by atoms with Gasteiger partial charge in [0.2, 0.25) is 0 Å². The summed E-state index contributed by atoms with van der Waals surface area (Å²) >= 11 is 0. The van der Waals surface area contributed by atoms with E-state index >= 15 is 0 Å². The summed E-state index contributed by atoms with van der Waals surface area (Å²) in [6.07, 6.45) is -2.65. The second-order valence-electron chi connectivity index (χ2n) is 7.90. The average molecular weight is 437 g/mol. The number of halogens is 3. The van der Waals surface area contributed by atoms with Gasteiger partial charge in [-0.15, -0.1) is 0 Å². The molecule has 1 aliphatic heterocycles. The highest BCUT2D eigenvalue weighted by Gasteiger charge is 2.30. The quantitative estimate of drug-likeness (QED) is 0.697.